The second-order valence-corrected chi connectivity index (χ2v) is 6.68. The SMILES string of the molecule is COC(=O)c1ccc2cc(-c3ccc(C(C)(C)C)cc3)oc2c1. The third-order valence-electron chi connectivity index (χ3n) is 3.98. The van der Waals surface area contributed by atoms with Crippen LogP contribution in [0.15, 0.2) is 52.9 Å². The molecule has 0 bridgehead atoms. The lowest BCUT2D eigenvalue weighted by Gasteiger charge is -2.18. The average Bonchev–Trinajstić information content (AvgIpc) is 2.96. The second kappa shape index (κ2) is 5.58. The number of methoxy groups -OCH3 is 1. The molecule has 0 amide bonds. The molecule has 1 aromatic heterocycles. The van der Waals surface area contributed by atoms with Crippen molar-refractivity contribution in [3.05, 3.63) is 59.7 Å². The molecule has 0 atom stereocenters. The Morgan fingerprint density at radius 2 is 1.70 bits per heavy atom. The second-order valence-electron chi connectivity index (χ2n) is 6.68. The summed E-state index contributed by atoms with van der Waals surface area (Å²) < 4.78 is 10.6. The van der Waals surface area contributed by atoms with Gasteiger partial charge in [-0.2, -0.15) is 0 Å². The van der Waals surface area contributed by atoms with Crippen molar-refractivity contribution in [2.24, 2.45) is 0 Å². The van der Waals surface area contributed by atoms with Gasteiger partial charge in [-0.3, -0.25) is 0 Å². The predicted octanol–water partition coefficient (Wildman–Crippen LogP) is 5.18. The summed E-state index contributed by atoms with van der Waals surface area (Å²) in [6.45, 7) is 6.58. The summed E-state index contributed by atoms with van der Waals surface area (Å²) in [5.41, 5.74) is 3.60. The van der Waals surface area contributed by atoms with Crippen LogP contribution < -0.4 is 0 Å². The van der Waals surface area contributed by atoms with E-state index >= 15 is 0 Å². The number of rotatable bonds is 2. The van der Waals surface area contributed by atoms with Crippen molar-refractivity contribution in [3.8, 4) is 11.3 Å². The third-order valence-corrected chi connectivity index (χ3v) is 3.98. The maximum absolute atomic E-state index is 11.6. The summed E-state index contributed by atoms with van der Waals surface area (Å²) in [4.78, 5) is 11.6. The van der Waals surface area contributed by atoms with Gasteiger partial charge in [-0.1, -0.05) is 51.1 Å². The van der Waals surface area contributed by atoms with Gasteiger partial charge in [-0.25, -0.2) is 4.79 Å². The average molecular weight is 308 g/mol. The van der Waals surface area contributed by atoms with Crippen LogP contribution in [0.25, 0.3) is 22.3 Å². The number of fused-ring (bicyclic) bond motifs is 1. The van der Waals surface area contributed by atoms with Crippen molar-refractivity contribution in [2.75, 3.05) is 7.11 Å². The molecular formula is C20H20O3. The van der Waals surface area contributed by atoms with Crippen LogP contribution in [0.5, 0.6) is 0 Å². The Hall–Kier alpha value is -2.55. The zero-order chi connectivity index (χ0) is 16.6. The van der Waals surface area contributed by atoms with Crippen LogP contribution >= 0.6 is 0 Å². The Bertz CT molecular complexity index is 849. The molecule has 0 saturated heterocycles. The Labute approximate surface area is 135 Å². The minimum Gasteiger partial charge on any atom is -0.465 e. The molecular weight excluding hydrogens is 288 g/mol. The Morgan fingerprint density at radius 3 is 2.30 bits per heavy atom. The van der Waals surface area contributed by atoms with Crippen LogP contribution in [0, 0.1) is 0 Å². The zero-order valence-corrected chi connectivity index (χ0v) is 13.8. The minimum absolute atomic E-state index is 0.127. The number of hydrogen-bond acceptors (Lipinski definition) is 3. The van der Waals surface area contributed by atoms with E-state index in [0.29, 0.717) is 11.1 Å². The maximum atomic E-state index is 11.6. The fourth-order valence-electron chi connectivity index (χ4n) is 2.55. The molecule has 1 heterocycles. The first-order chi connectivity index (χ1) is 10.9. The van der Waals surface area contributed by atoms with Crippen molar-refractivity contribution in [2.45, 2.75) is 26.2 Å². The van der Waals surface area contributed by atoms with Crippen LogP contribution in [0.2, 0.25) is 0 Å². The lowest BCUT2D eigenvalue weighted by atomic mass is 9.86. The first-order valence-corrected chi connectivity index (χ1v) is 7.61. The molecule has 0 aliphatic heterocycles. The smallest absolute Gasteiger partial charge is 0.337 e. The van der Waals surface area contributed by atoms with E-state index < -0.39 is 0 Å². The largest absolute Gasteiger partial charge is 0.465 e. The molecule has 3 heteroatoms. The molecule has 0 fully saturated rings. The summed E-state index contributed by atoms with van der Waals surface area (Å²) in [5.74, 6) is 0.432. The molecule has 3 rings (SSSR count). The van der Waals surface area contributed by atoms with Crippen molar-refractivity contribution < 1.29 is 13.9 Å². The molecule has 23 heavy (non-hydrogen) atoms. The Balaban J connectivity index is 1.98. The van der Waals surface area contributed by atoms with E-state index in [4.69, 9.17) is 9.15 Å². The number of carbonyl (C=O) groups is 1. The number of hydrogen-bond donors (Lipinski definition) is 0. The summed E-state index contributed by atoms with van der Waals surface area (Å²) >= 11 is 0. The molecule has 0 aliphatic rings. The lowest BCUT2D eigenvalue weighted by molar-refractivity contribution is 0.0601. The standard InChI is InChI=1S/C20H20O3/c1-20(2,3)16-9-7-13(8-10-16)17-11-14-5-6-15(19(21)22-4)12-18(14)23-17/h5-12H,1-4H3. The Kier molecular flexibility index (Phi) is 3.72. The first kappa shape index (κ1) is 15.3. The summed E-state index contributed by atoms with van der Waals surface area (Å²) in [6, 6.07) is 15.7. The highest BCUT2D eigenvalue weighted by Gasteiger charge is 2.14. The van der Waals surface area contributed by atoms with E-state index in [1.165, 1.54) is 12.7 Å². The molecule has 118 valence electrons. The van der Waals surface area contributed by atoms with E-state index in [-0.39, 0.29) is 11.4 Å². The molecule has 0 unspecified atom stereocenters. The first-order valence-electron chi connectivity index (χ1n) is 7.61. The molecule has 0 aliphatic carbocycles. The van der Waals surface area contributed by atoms with Crippen LogP contribution in [-0.4, -0.2) is 13.1 Å². The number of carbonyl (C=O) groups excluding carboxylic acids is 1. The minimum atomic E-state index is -0.362. The van der Waals surface area contributed by atoms with Gasteiger partial charge in [0, 0.05) is 10.9 Å². The molecule has 0 saturated carbocycles. The molecule has 0 radical (unpaired) electrons. The summed E-state index contributed by atoms with van der Waals surface area (Å²) in [7, 11) is 1.37. The number of benzene rings is 2. The lowest BCUT2D eigenvalue weighted by Crippen LogP contribution is -2.10. The van der Waals surface area contributed by atoms with Crippen LogP contribution in [-0.2, 0) is 10.2 Å². The van der Waals surface area contributed by atoms with E-state index in [9.17, 15) is 4.79 Å². The number of furan rings is 1. The van der Waals surface area contributed by atoms with Crippen molar-refractivity contribution in [1.82, 2.24) is 0 Å². The summed E-state index contributed by atoms with van der Waals surface area (Å²) in [6.07, 6.45) is 0. The monoisotopic (exact) mass is 308 g/mol. The quantitative estimate of drug-likeness (QED) is 0.612. The van der Waals surface area contributed by atoms with E-state index in [1.807, 2.05) is 12.1 Å². The molecule has 0 spiro atoms. The van der Waals surface area contributed by atoms with Gasteiger partial charge in [0.25, 0.3) is 0 Å². The highest BCUT2D eigenvalue weighted by Crippen LogP contribution is 2.30. The topological polar surface area (TPSA) is 39.4 Å². The van der Waals surface area contributed by atoms with Crippen LogP contribution in [0.3, 0.4) is 0 Å². The normalized spacial score (nSPS) is 11.7. The van der Waals surface area contributed by atoms with Crippen molar-refractivity contribution in [1.29, 1.82) is 0 Å². The fraction of sp³-hybridized carbons (Fsp3) is 0.250. The van der Waals surface area contributed by atoms with Crippen LogP contribution in [0.1, 0.15) is 36.7 Å². The molecule has 3 aromatic rings. The van der Waals surface area contributed by atoms with Gasteiger partial charge in [0.1, 0.15) is 11.3 Å². The maximum Gasteiger partial charge on any atom is 0.337 e. The highest BCUT2D eigenvalue weighted by molar-refractivity contribution is 5.94. The predicted molar refractivity (Wildman–Crippen MR) is 91.7 cm³/mol. The van der Waals surface area contributed by atoms with Gasteiger partial charge in [0.2, 0.25) is 0 Å². The van der Waals surface area contributed by atoms with Gasteiger partial charge in [-0.05, 0) is 29.2 Å². The third kappa shape index (κ3) is 3.00. The number of esters is 1. The molecule has 3 nitrogen and oxygen atoms in total. The number of ether oxygens (including phenoxy) is 1. The van der Waals surface area contributed by atoms with E-state index in [1.54, 1.807) is 12.1 Å². The summed E-state index contributed by atoms with van der Waals surface area (Å²) in [5, 5.41) is 0.965. The molecule has 2 aromatic carbocycles. The van der Waals surface area contributed by atoms with Gasteiger partial charge >= 0.3 is 5.97 Å². The van der Waals surface area contributed by atoms with Crippen molar-refractivity contribution in [3.63, 3.8) is 0 Å². The van der Waals surface area contributed by atoms with Gasteiger partial charge in [0.15, 0.2) is 0 Å². The highest BCUT2D eigenvalue weighted by atomic mass is 16.5. The molecule has 0 N–H and O–H groups in total. The van der Waals surface area contributed by atoms with E-state index in [0.717, 1.165) is 16.7 Å². The van der Waals surface area contributed by atoms with Gasteiger partial charge in [0.05, 0.1) is 12.7 Å². The Morgan fingerprint density at radius 1 is 1.00 bits per heavy atom. The van der Waals surface area contributed by atoms with Crippen molar-refractivity contribution >= 4 is 16.9 Å². The fourth-order valence-corrected chi connectivity index (χ4v) is 2.55. The van der Waals surface area contributed by atoms with Gasteiger partial charge in [-0.15, -0.1) is 0 Å². The van der Waals surface area contributed by atoms with Gasteiger partial charge < -0.3 is 9.15 Å². The zero-order valence-electron chi connectivity index (χ0n) is 13.8. The van der Waals surface area contributed by atoms with E-state index in [2.05, 4.69) is 45.0 Å². The van der Waals surface area contributed by atoms with Crippen LogP contribution in [0.4, 0.5) is 0 Å².